The summed E-state index contributed by atoms with van der Waals surface area (Å²) in [7, 11) is -2.01. The van der Waals surface area contributed by atoms with Gasteiger partial charge in [0.2, 0.25) is 10.0 Å². The van der Waals surface area contributed by atoms with Crippen LogP contribution in [0.5, 0.6) is 0 Å². The Balaban J connectivity index is 1.74. The van der Waals surface area contributed by atoms with Crippen LogP contribution in [0, 0.1) is 0 Å². The van der Waals surface area contributed by atoms with Gasteiger partial charge in [-0.25, -0.2) is 13.1 Å². The van der Waals surface area contributed by atoms with E-state index in [1.807, 2.05) is 18.2 Å². The van der Waals surface area contributed by atoms with Crippen molar-refractivity contribution >= 4 is 26.9 Å². The highest BCUT2D eigenvalue weighted by Crippen LogP contribution is 2.19. The number of furan rings is 1. The van der Waals surface area contributed by atoms with Gasteiger partial charge in [0.1, 0.15) is 5.58 Å². The zero-order chi connectivity index (χ0) is 17.9. The minimum absolute atomic E-state index is 0.139. The number of hydrogen-bond acceptors (Lipinski definition) is 4. The van der Waals surface area contributed by atoms with Crippen LogP contribution >= 0.6 is 0 Å². The van der Waals surface area contributed by atoms with Crippen molar-refractivity contribution in [1.29, 1.82) is 0 Å². The van der Waals surface area contributed by atoms with Crippen molar-refractivity contribution in [3.63, 3.8) is 0 Å². The van der Waals surface area contributed by atoms with Crippen LogP contribution in [0.15, 0.2) is 59.0 Å². The highest BCUT2D eigenvalue weighted by atomic mass is 32.2. The first-order chi connectivity index (χ1) is 12.0. The van der Waals surface area contributed by atoms with Crippen LogP contribution in [-0.4, -0.2) is 21.4 Å². The lowest BCUT2D eigenvalue weighted by Crippen LogP contribution is -2.24. The van der Waals surface area contributed by atoms with Crippen molar-refractivity contribution < 1.29 is 17.6 Å². The summed E-state index contributed by atoms with van der Waals surface area (Å²) in [5.74, 6) is -0.260. The SMILES string of the molecule is CNS(=O)(=O)Cc1ccccc1CNC(=O)c1cc2ccccc2o1. The van der Waals surface area contributed by atoms with E-state index in [-0.39, 0.29) is 24.0 Å². The molecule has 0 saturated heterocycles. The minimum atomic E-state index is -3.38. The molecule has 0 aliphatic carbocycles. The summed E-state index contributed by atoms with van der Waals surface area (Å²) in [6.45, 7) is 0.214. The molecule has 0 aliphatic heterocycles. The molecule has 0 saturated carbocycles. The van der Waals surface area contributed by atoms with Crippen molar-refractivity contribution in [1.82, 2.24) is 10.0 Å². The van der Waals surface area contributed by atoms with Gasteiger partial charge in [0, 0.05) is 11.9 Å². The van der Waals surface area contributed by atoms with Crippen LogP contribution < -0.4 is 10.0 Å². The molecule has 130 valence electrons. The first-order valence-electron chi connectivity index (χ1n) is 7.73. The number of nitrogens with one attached hydrogen (secondary N) is 2. The van der Waals surface area contributed by atoms with Gasteiger partial charge in [-0.1, -0.05) is 42.5 Å². The highest BCUT2D eigenvalue weighted by Gasteiger charge is 2.15. The van der Waals surface area contributed by atoms with Gasteiger partial charge < -0.3 is 9.73 Å². The molecule has 0 unspecified atom stereocenters. The second kappa shape index (κ2) is 7.08. The Labute approximate surface area is 145 Å². The smallest absolute Gasteiger partial charge is 0.287 e. The normalized spacial score (nSPS) is 11.6. The van der Waals surface area contributed by atoms with Crippen LogP contribution in [0.2, 0.25) is 0 Å². The van der Waals surface area contributed by atoms with Crippen molar-refractivity contribution in [3.8, 4) is 0 Å². The zero-order valence-electron chi connectivity index (χ0n) is 13.7. The van der Waals surface area contributed by atoms with E-state index in [1.165, 1.54) is 7.05 Å². The van der Waals surface area contributed by atoms with Gasteiger partial charge in [-0.05, 0) is 30.3 Å². The molecule has 0 fully saturated rings. The molecular formula is C18H18N2O4S. The van der Waals surface area contributed by atoms with Gasteiger partial charge in [-0.2, -0.15) is 0 Å². The van der Waals surface area contributed by atoms with Gasteiger partial charge in [-0.15, -0.1) is 0 Å². The molecule has 0 atom stereocenters. The molecule has 2 aromatic carbocycles. The van der Waals surface area contributed by atoms with Gasteiger partial charge in [0.15, 0.2) is 5.76 Å². The molecule has 25 heavy (non-hydrogen) atoms. The van der Waals surface area contributed by atoms with Crippen LogP contribution in [0.1, 0.15) is 21.7 Å². The number of benzene rings is 2. The summed E-state index contributed by atoms with van der Waals surface area (Å²) in [5, 5.41) is 3.63. The number of rotatable bonds is 6. The topological polar surface area (TPSA) is 88.4 Å². The van der Waals surface area contributed by atoms with Crippen molar-refractivity contribution in [2.45, 2.75) is 12.3 Å². The summed E-state index contributed by atoms with van der Waals surface area (Å²) in [5.41, 5.74) is 2.03. The van der Waals surface area contributed by atoms with Crippen LogP contribution in [0.25, 0.3) is 11.0 Å². The molecule has 1 aromatic heterocycles. The second-order valence-corrected chi connectivity index (χ2v) is 7.49. The Morgan fingerprint density at radius 3 is 2.44 bits per heavy atom. The number of hydrogen-bond donors (Lipinski definition) is 2. The number of sulfonamides is 1. The summed E-state index contributed by atoms with van der Waals surface area (Å²) in [4.78, 5) is 12.3. The molecule has 3 aromatic rings. The highest BCUT2D eigenvalue weighted by molar-refractivity contribution is 7.88. The Morgan fingerprint density at radius 2 is 1.72 bits per heavy atom. The lowest BCUT2D eigenvalue weighted by molar-refractivity contribution is 0.0925. The fourth-order valence-corrected chi connectivity index (χ4v) is 3.34. The van der Waals surface area contributed by atoms with Crippen molar-refractivity contribution in [3.05, 3.63) is 71.5 Å². The molecule has 1 heterocycles. The number of amides is 1. The third kappa shape index (κ3) is 4.07. The first-order valence-corrected chi connectivity index (χ1v) is 9.38. The van der Waals surface area contributed by atoms with Gasteiger partial charge in [-0.3, -0.25) is 4.79 Å². The Hall–Kier alpha value is -2.64. The minimum Gasteiger partial charge on any atom is -0.451 e. The predicted molar refractivity (Wildman–Crippen MR) is 95.5 cm³/mol. The zero-order valence-corrected chi connectivity index (χ0v) is 14.5. The molecule has 7 heteroatoms. The predicted octanol–water partition coefficient (Wildman–Crippen LogP) is 2.41. The Kier molecular flexibility index (Phi) is 4.87. The fraction of sp³-hybridized carbons (Fsp3) is 0.167. The van der Waals surface area contributed by atoms with Crippen molar-refractivity contribution in [2.75, 3.05) is 7.05 Å². The van der Waals surface area contributed by atoms with Crippen LogP contribution in [0.4, 0.5) is 0 Å². The van der Waals surface area contributed by atoms with E-state index in [1.54, 1.807) is 36.4 Å². The van der Waals surface area contributed by atoms with E-state index in [4.69, 9.17) is 4.42 Å². The summed E-state index contributed by atoms with van der Waals surface area (Å²) in [6.07, 6.45) is 0. The quantitative estimate of drug-likeness (QED) is 0.708. The number of carbonyl (C=O) groups excluding carboxylic acids is 1. The van der Waals surface area contributed by atoms with Crippen molar-refractivity contribution in [2.24, 2.45) is 0 Å². The van der Waals surface area contributed by atoms with E-state index in [9.17, 15) is 13.2 Å². The maximum Gasteiger partial charge on any atom is 0.287 e. The van der Waals surface area contributed by atoms with Gasteiger partial charge >= 0.3 is 0 Å². The van der Waals surface area contributed by atoms with Crippen LogP contribution in [-0.2, 0) is 22.3 Å². The monoisotopic (exact) mass is 358 g/mol. The standard InChI is InChI=1S/C18H18N2O4S/c1-19-25(22,23)12-15-8-3-2-7-14(15)11-20-18(21)17-10-13-6-4-5-9-16(13)24-17/h2-10,19H,11-12H2,1H3,(H,20,21). The molecule has 2 N–H and O–H groups in total. The largest absolute Gasteiger partial charge is 0.451 e. The maximum absolute atomic E-state index is 12.3. The molecule has 0 aliphatic rings. The summed E-state index contributed by atoms with van der Waals surface area (Å²) < 4.78 is 31.4. The number of carbonyl (C=O) groups is 1. The molecular weight excluding hydrogens is 340 g/mol. The molecule has 3 rings (SSSR count). The average molecular weight is 358 g/mol. The van der Waals surface area contributed by atoms with E-state index in [0.717, 1.165) is 10.9 Å². The molecule has 0 radical (unpaired) electrons. The molecule has 1 amide bonds. The first kappa shape index (κ1) is 17.2. The van der Waals surface area contributed by atoms with E-state index in [0.29, 0.717) is 11.1 Å². The van der Waals surface area contributed by atoms with E-state index in [2.05, 4.69) is 10.0 Å². The third-order valence-corrected chi connectivity index (χ3v) is 5.18. The lowest BCUT2D eigenvalue weighted by atomic mass is 10.1. The average Bonchev–Trinajstić information content (AvgIpc) is 3.05. The Bertz CT molecular complexity index is 976. The van der Waals surface area contributed by atoms with Crippen LogP contribution in [0.3, 0.4) is 0 Å². The van der Waals surface area contributed by atoms with Gasteiger partial charge in [0.05, 0.1) is 5.75 Å². The fourth-order valence-electron chi connectivity index (χ4n) is 2.50. The summed E-state index contributed by atoms with van der Waals surface area (Å²) in [6, 6.07) is 16.2. The Morgan fingerprint density at radius 1 is 1.04 bits per heavy atom. The molecule has 0 bridgehead atoms. The van der Waals surface area contributed by atoms with E-state index >= 15 is 0 Å². The third-order valence-electron chi connectivity index (χ3n) is 3.86. The van der Waals surface area contributed by atoms with E-state index < -0.39 is 10.0 Å². The number of para-hydroxylation sites is 1. The molecule has 0 spiro atoms. The van der Waals surface area contributed by atoms with Gasteiger partial charge in [0.25, 0.3) is 5.91 Å². The second-order valence-electron chi connectivity index (χ2n) is 5.56. The number of fused-ring (bicyclic) bond motifs is 1. The molecule has 6 nitrogen and oxygen atoms in total. The summed E-state index contributed by atoms with van der Waals surface area (Å²) >= 11 is 0. The maximum atomic E-state index is 12.3. The lowest BCUT2D eigenvalue weighted by Gasteiger charge is -2.10.